The molecule has 0 aliphatic heterocycles. The summed E-state index contributed by atoms with van der Waals surface area (Å²) >= 11 is 4.93. The highest BCUT2D eigenvalue weighted by atomic mass is 79.9. The number of carbonyl (C=O) groups excluding carboxylic acids is 1. The van der Waals surface area contributed by atoms with E-state index in [9.17, 15) is 4.79 Å². The molecule has 6 nitrogen and oxygen atoms in total. The molecule has 138 valence electrons. The van der Waals surface area contributed by atoms with Crippen LogP contribution in [0.2, 0.25) is 0 Å². The second kappa shape index (κ2) is 9.48. The Morgan fingerprint density at radius 3 is 2.74 bits per heavy atom. The van der Waals surface area contributed by atoms with Crippen LogP contribution in [-0.4, -0.2) is 31.4 Å². The number of benzene rings is 1. The van der Waals surface area contributed by atoms with Crippen LogP contribution in [0.3, 0.4) is 0 Å². The summed E-state index contributed by atoms with van der Waals surface area (Å²) in [5, 5.41) is 12.1. The molecule has 2 heterocycles. The van der Waals surface area contributed by atoms with E-state index in [0.29, 0.717) is 24.5 Å². The molecule has 1 amide bonds. The molecule has 0 saturated carbocycles. The topological polar surface area (TPSA) is 72.7 Å². The van der Waals surface area contributed by atoms with Gasteiger partial charge in [-0.05, 0) is 24.3 Å². The molecule has 0 unspecified atom stereocenters. The van der Waals surface area contributed by atoms with Crippen molar-refractivity contribution >= 4 is 39.4 Å². The summed E-state index contributed by atoms with van der Waals surface area (Å²) in [6.07, 6.45) is 3.81. The van der Waals surface area contributed by atoms with Gasteiger partial charge >= 0.3 is 0 Å². The predicted octanol–water partition coefficient (Wildman–Crippen LogP) is 4.41. The van der Waals surface area contributed by atoms with Gasteiger partial charge < -0.3 is 5.32 Å². The first-order valence-corrected chi connectivity index (χ1v) is 10.1. The number of allylic oxidation sites excluding steroid dienone is 1. The molecule has 0 fully saturated rings. The average molecular weight is 444 g/mol. The lowest BCUT2D eigenvalue weighted by Gasteiger charge is -2.08. The normalized spacial score (nSPS) is 10.6. The number of carbonyl (C=O) groups is 1. The summed E-state index contributed by atoms with van der Waals surface area (Å²) < 4.78 is 3.01. The van der Waals surface area contributed by atoms with Crippen molar-refractivity contribution in [3.63, 3.8) is 0 Å². The van der Waals surface area contributed by atoms with Crippen LogP contribution in [0.15, 0.2) is 70.9 Å². The summed E-state index contributed by atoms with van der Waals surface area (Å²) in [6.45, 7) is 4.41. The van der Waals surface area contributed by atoms with Gasteiger partial charge in [-0.25, -0.2) is 4.98 Å². The van der Waals surface area contributed by atoms with Gasteiger partial charge in [0.1, 0.15) is 5.82 Å². The maximum atomic E-state index is 12.0. The van der Waals surface area contributed by atoms with Crippen LogP contribution in [0.25, 0.3) is 11.4 Å². The van der Waals surface area contributed by atoms with Crippen LogP contribution in [0.1, 0.15) is 6.42 Å². The molecule has 27 heavy (non-hydrogen) atoms. The van der Waals surface area contributed by atoms with Gasteiger partial charge in [0.15, 0.2) is 11.0 Å². The third-order valence-electron chi connectivity index (χ3n) is 3.62. The molecule has 0 radical (unpaired) electrons. The summed E-state index contributed by atoms with van der Waals surface area (Å²) in [7, 11) is 0. The summed E-state index contributed by atoms with van der Waals surface area (Å²) in [5.41, 5.74) is 0.979. The number of aromatic nitrogens is 4. The number of amides is 1. The number of hydrogen-bond donors (Lipinski definition) is 1. The van der Waals surface area contributed by atoms with Crippen LogP contribution in [0, 0.1) is 0 Å². The molecule has 3 rings (SSSR count). The van der Waals surface area contributed by atoms with E-state index in [0.717, 1.165) is 21.0 Å². The molecular weight excluding hydrogens is 426 g/mol. The molecule has 2 aromatic heterocycles. The van der Waals surface area contributed by atoms with Crippen LogP contribution >= 0.6 is 27.7 Å². The monoisotopic (exact) mass is 443 g/mol. The highest BCUT2D eigenvalue weighted by Gasteiger charge is 2.14. The van der Waals surface area contributed by atoms with Gasteiger partial charge in [-0.1, -0.05) is 52.0 Å². The molecule has 8 heteroatoms. The minimum Gasteiger partial charge on any atom is -0.311 e. The number of halogens is 1. The van der Waals surface area contributed by atoms with Crippen molar-refractivity contribution in [1.29, 1.82) is 0 Å². The van der Waals surface area contributed by atoms with Crippen molar-refractivity contribution < 1.29 is 4.79 Å². The minimum absolute atomic E-state index is 0.0795. The minimum atomic E-state index is -0.0795. The van der Waals surface area contributed by atoms with E-state index in [4.69, 9.17) is 0 Å². The van der Waals surface area contributed by atoms with Gasteiger partial charge in [-0.15, -0.1) is 16.8 Å². The first kappa shape index (κ1) is 19.3. The van der Waals surface area contributed by atoms with Crippen molar-refractivity contribution in [1.82, 2.24) is 19.7 Å². The predicted molar refractivity (Wildman–Crippen MR) is 112 cm³/mol. The second-order valence-corrected chi connectivity index (χ2v) is 7.55. The quantitative estimate of drug-likeness (QED) is 0.412. The molecule has 0 bridgehead atoms. The largest absolute Gasteiger partial charge is 0.311 e. The highest BCUT2D eigenvalue weighted by Crippen LogP contribution is 2.25. The average Bonchev–Trinajstić information content (AvgIpc) is 3.06. The van der Waals surface area contributed by atoms with E-state index in [-0.39, 0.29) is 5.91 Å². The van der Waals surface area contributed by atoms with E-state index in [2.05, 4.69) is 43.0 Å². The van der Waals surface area contributed by atoms with Gasteiger partial charge in [0, 0.05) is 35.0 Å². The number of thioether (sulfide) groups is 1. The maximum absolute atomic E-state index is 12.0. The van der Waals surface area contributed by atoms with E-state index >= 15 is 0 Å². The summed E-state index contributed by atoms with van der Waals surface area (Å²) in [6, 6.07) is 13.3. The Hall–Kier alpha value is -2.45. The van der Waals surface area contributed by atoms with Crippen LogP contribution < -0.4 is 5.32 Å². The van der Waals surface area contributed by atoms with Crippen LogP contribution in [0.4, 0.5) is 5.82 Å². The van der Waals surface area contributed by atoms with Crippen LogP contribution in [-0.2, 0) is 11.3 Å². The Kier molecular flexibility index (Phi) is 6.78. The lowest BCUT2D eigenvalue weighted by Crippen LogP contribution is -2.13. The molecule has 0 atom stereocenters. The molecule has 1 aromatic carbocycles. The Balaban J connectivity index is 1.63. The Bertz CT molecular complexity index is 912. The SMILES string of the molecule is C=CCn1c(SCCC(=O)Nc2ccccn2)nnc1-c1ccc(Br)cc1. The van der Waals surface area contributed by atoms with Gasteiger partial charge in [-0.2, -0.15) is 0 Å². The summed E-state index contributed by atoms with van der Waals surface area (Å²) in [5.74, 6) is 1.85. The molecular formula is C19H18BrN5OS. The molecule has 0 saturated heterocycles. The van der Waals surface area contributed by atoms with Crippen molar-refractivity contribution in [2.45, 2.75) is 18.1 Å². The number of hydrogen-bond acceptors (Lipinski definition) is 5. The second-order valence-electron chi connectivity index (χ2n) is 5.57. The molecule has 0 spiro atoms. The third kappa shape index (κ3) is 5.27. The van der Waals surface area contributed by atoms with Crippen molar-refractivity contribution in [3.8, 4) is 11.4 Å². The van der Waals surface area contributed by atoms with E-state index < -0.39 is 0 Å². The first-order valence-electron chi connectivity index (χ1n) is 8.31. The highest BCUT2D eigenvalue weighted by molar-refractivity contribution is 9.10. The van der Waals surface area contributed by atoms with Gasteiger partial charge in [-0.3, -0.25) is 9.36 Å². The zero-order chi connectivity index (χ0) is 19.1. The van der Waals surface area contributed by atoms with Gasteiger partial charge in [0.2, 0.25) is 5.91 Å². The Morgan fingerprint density at radius 1 is 1.22 bits per heavy atom. The zero-order valence-electron chi connectivity index (χ0n) is 14.5. The van der Waals surface area contributed by atoms with E-state index in [1.54, 1.807) is 18.3 Å². The molecule has 0 aliphatic carbocycles. The standard InChI is InChI=1S/C19H18BrN5OS/c1-2-12-25-18(14-6-8-15(20)9-7-14)23-24-19(25)27-13-10-17(26)22-16-5-3-4-11-21-16/h2-9,11H,1,10,12-13H2,(H,21,22,26). The van der Waals surface area contributed by atoms with Gasteiger partial charge in [0.05, 0.1) is 0 Å². The number of nitrogens with one attached hydrogen (secondary N) is 1. The Morgan fingerprint density at radius 2 is 2.04 bits per heavy atom. The van der Waals surface area contributed by atoms with E-state index in [1.807, 2.05) is 41.0 Å². The molecule has 1 N–H and O–H groups in total. The fraction of sp³-hybridized carbons (Fsp3) is 0.158. The fourth-order valence-corrected chi connectivity index (χ4v) is 3.53. The maximum Gasteiger partial charge on any atom is 0.226 e. The van der Waals surface area contributed by atoms with Crippen LogP contribution in [0.5, 0.6) is 0 Å². The van der Waals surface area contributed by atoms with E-state index in [1.165, 1.54) is 11.8 Å². The zero-order valence-corrected chi connectivity index (χ0v) is 16.9. The lowest BCUT2D eigenvalue weighted by atomic mass is 10.2. The van der Waals surface area contributed by atoms with Crippen molar-refractivity contribution in [2.24, 2.45) is 0 Å². The number of anilines is 1. The van der Waals surface area contributed by atoms with Crippen molar-refractivity contribution in [2.75, 3.05) is 11.1 Å². The molecule has 3 aromatic rings. The number of rotatable bonds is 8. The smallest absolute Gasteiger partial charge is 0.226 e. The first-order chi connectivity index (χ1) is 13.2. The number of pyridine rings is 1. The van der Waals surface area contributed by atoms with Crippen molar-refractivity contribution in [3.05, 3.63) is 65.8 Å². The van der Waals surface area contributed by atoms with Gasteiger partial charge in [0.25, 0.3) is 0 Å². The number of nitrogens with zero attached hydrogens (tertiary/aromatic N) is 4. The molecule has 0 aliphatic rings. The third-order valence-corrected chi connectivity index (χ3v) is 5.12. The Labute approximate surface area is 170 Å². The lowest BCUT2D eigenvalue weighted by molar-refractivity contribution is -0.115. The fourth-order valence-electron chi connectivity index (χ4n) is 2.38. The summed E-state index contributed by atoms with van der Waals surface area (Å²) in [4.78, 5) is 16.1.